The fraction of sp³-hybridized carbons (Fsp3) is 0.333. The van der Waals surface area contributed by atoms with Crippen molar-refractivity contribution in [2.75, 3.05) is 12.4 Å². The first-order valence-electron chi connectivity index (χ1n) is 9.06. The molecule has 1 aliphatic rings. The van der Waals surface area contributed by atoms with E-state index in [0.29, 0.717) is 22.9 Å². The van der Waals surface area contributed by atoms with Gasteiger partial charge in [0.25, 0.3) is 5.91 Å². The first-order valence-corrected chi connectivity index (χ1v) is 9.06. The fourth-order valence-corrected chi connectivity index (χ4v) is 3.19. The monoisotopic (exact) mass is 367 g/mol. The van der Waals surface area contributed by atoms with Crippen LogP contribution in [0.5, 0.6) is 5.75 Å². The molecule has 2 atom stereocenters. The van der Waals surface area contributed by atoms with Gasteiger partial charge in [-0.15, -0.1) is 0 Å². The summed E-state index contributed by atoms with van der Waals surface area (Å²) in [6.07, 6.45) is 0.839. The van der Waals surface area contributed by atoms with Crippen molar-refractivity contribution in [1.82, 2.24) is 4.90 Å². The van der Waals surface area contributed by atoms with E-state index >= 15 is 0 Å². The third-order valence-electron chi connectivity index (χ3n) is 4.66. The molecule has 0 spiro atoms. The number of urea groups is 1. The minimum Gasteiger partial charge on any atom is -0.490 e. The standard InChI is InChI=1S/C21H25N3O3/c1-13(2)27-19-11-15(9-10-16(19)20(22)25)23-21(26)24(3)18-12-17(18)14-7-5-4-6-8-14/h4-11,13,17-18H,12H2,1-3H3,(H2,22,25)(H,23,26)/t17-,18+/m0/s1. The number of nitrogens with one attached hydrogen (secondary N) is 1. The Labute approximate surface area is 159 Å². The van der Waals surface area contributed by atoms with Crippen molar-refractivity contribution in [3.8, 4) is 5.75 Å². The number of anilines is 1. The summed E-state index contributed by atoms with van der Waals surface area (Å²) in [6.45, 7) is 3.72. The zero-order chi connectivity index (χ0) is 19.6. The van der Waals surface area contributed by atoms with Crippen molar-refractivity contribution in [3.63, 3.8) is 0 Å². The molecule has 3 amide bonds. The molecule has 6 heteroatoms. The van der Waals surface area contributed by atoms with Crippen molar-refractivity contribution < 1.29 is 14.3 Å². The maximum Gasteiger partial charge on any atom is 0.321 e. The van der Waals surface area contributed by atoms with Crippen LogP contribution >= 0.6 is 0 Å². The number of ether oxygens (including phenoxy) is 1. The number of amides is 3. The van der Waals surface area contributed by atoms with Gasteiger partial charge in [-0.2, -0.15) is 0 Å². The largest absolute Gasteiger partial charge is 0.490 e. The summed E-state index contributed by atoms with van der Waals surface area (Å²) in [5.41, 5.74) is 7.50. The smallest absolute Gasteiger partial charge is 0.321 e. The van der Waals surface area contributed by atoms with Crippen LogP contribution in [0.2, 0.25) is 0 Å². The number of nitrogens with zero attached hydrogens (tertiary/aromatic N) is 1. The molecule has 1 saturated carbocycles. The molecule has 2 aromatic rings. The highest BCUT2D eigenvalue weighted by Gasteiger charge is 2.43. The third kappa shape index (κ3) is 4.39. The van der Waals surface area contributed by atoms with E-state index in [1.165, 1.54) is 5.56 Å². The number of hydrogen-bond acceptors (Lipinski definition) is 3. The molecule has 27 heavy (non-hydrogen) atoms. The second-order valence-corrected chi connectivity index (χ2v) is 7.10. The molecule has 0 heterocycles. The van der Waals surface area contributed by atoms with E-state index in [1.54, 1.807) is 30.1 Å². The van der Waals surface area contributed by atoms with E-state index in [2.05, 4.69) is 17.4 Å². The summed E-state index contributed by atoms with van der Waals surface area (Å²) in [4.78, 5) is 25.9. The molecule has 2 aromatic carbocycles. The second-order valence-electron chi connectivity index (χ2n) is 7.10. The van der Waals surface area contributed by atoms with Crippen LogP contribution in [0.1, 0.15) is 42.1 Å². The van der Waals surface area contributed by atoms with Crippen LogP contribution in [-0.2, 0) is 0 Å². The van der Waals surface area contributed by atoms with Crippen LogP contribution in [-0.4, -0.2) is 36.0 Å². The lowest BCUT2D eigenvalue weighted by Crippen LogP contribution is -2.33. The Hall–Kier alpha value is -3.02. The SMILES string of the molecule is CC(C)Oc1cc(NC(=O)N(C)[C@@H]2C[C@H]2c2ccccc2)ccc1C(N)=O. The van der Waals surface area contributed by atoms with E-state index in [4.69, 9.17) is 10.5 Å². The highest BCUT2D eigenvalue weighted by atomic mass is 16.5. The number of benzene rings is 2. The summed E-state index contributed by atoms with van der Waals surface area (Å²) in [6, 6.07) is 15.0. The molecule has 0 aromatic heterocycles. The maximum atomic E-state index is 12.6. The molecule has 6 nitrogen and oxygen atoms in total. The Kier molecular flexibility index (Phi) is 5.35. The third-order valence-corrected chi connectivity index (χ3v) is 4.66. The number of carbonyl (C=O) groups excluding carboxylic acids is 2. The summed E-state index contributed by atoms with van der Waals surface area (Å²) in [5.74, 6) is 0.176. The number of nitrogens with two attached hydrogens (primary N) is 1. The van der Waals surface area contributed by atoms with Gasteiger partial charge in [0.1, 0.15) is 5.75 Å². The minimum atomic E-state index is -0.565. The van der Waals surface area contributed by atoms with E-state index in [9.17, 15) is 9.59 Å². The number of rotatable bonds is 6. The number of likely N-dealkylation sites (N-methyl/N-ethyl adjacent to an activating group) is 1. The molecule has 0 unspecified atom stereocenters. The summed E-state index contributed by atoms with van der Waals surface area (Å²) in [7, 11) is 1.80. The highest BCUT2D eigenvalue weighted by molar-refractivity contribution is 5.97. The van der Waals surface area contributed by atoms with Gasteiger partial charge in [-0.3, -0.25) is 4.79 Å². The molecule has 0 bridgehead atoms. The molecular weight excluding hydrogens is 342 g/mol. The Balaban J connectivity index is 1.68. The summed E-state index contributed by atoms with van der Waals surface area (Å²) in [5, 5.41) is 2.87. The number of carbonyl (C=O) groups is 2. The average Bonchev–Trinajstić information content (AvgIpc) is 3.42. The molecule has 0 saturated heterocycles. The first kappa shape index (κ1) is 18.8. The van der Waals surface area contributed by atoms with Crippen LogP contribution in [0.4, 0.5) is 10.5 Å². The lowest BCUT2D eigenvalue weighted by Gasteiger charge is -2.19. The van der Waals surface area contributed by atoms with E-state index < -0.39 is 5.91 Å². The molecular formula is C21H25N3O3. The van der Waals surface area contributed by atoms with Crippen molar-refractivity contribution in [2.24, 2.45) is 5.73 Å². The Morgan fingerprint density at radius 2 is 1.89 bits per heavy atom. The van der Waals surface area contributed by atoms with Crippen LogP contribution in [0.3, 0.4) is 0 Å². The maximum absolute atomic E-state index is 12.6. The van der Waals surface area contributed by atoms with Gasteiger partial charge in [0.2, 0.25) is 0 Å². The van der Waals surface area contributed by atoms with Gasteiger partial charge in [0.15, 0.2) is 0 Å². The predicted octanol–water partition coefficient (Wildman–Crippen LogP) is 3.59. The topological polar surface area (TPSA) is 84.7 Å². The van der Waals surface area contributed by atoms with E-state index in [0.717, 1.165) is 6.42 Å². The zero-order valence-corrected chi connectivity index (χ0v) is 15.8. The average molecular weight is 367 g/mol. The van der Waals surface area contributed by atoms with Crippen molar-refractivity contribution in [2.45, 2.75) is 38.3 Å². The first-order chi connectivity index (χ1) is 12.9. The lowest BCUT2D eigenvalue weighted by molar-refractivity contribution is 0.0994. The van der Waals surface area contributed by atoms with Crippen LogP contribution in [0, 0.1) is 0 Å². The summed E-state index contributed by atoms with van der Waals surface area (Å²) >= 11 is 0. The van der Waals surface area contributed by atoms with Gasteiger partial charge in [0, 0.05) is 30.8 Å². The van der Waals surface area contributed by atoms with Crippen LogP contribution in [0.15, 0.2) is 48.5 Å². The molecule has 1 aliphatic carbocycles. The van der Waals surface area contributed by atoms with Crippen molar-refractivity contribution >= 4 is 17.6 Å². The molecule has 1 fully saturated rings. The molecule has 0 radical (unpaired) electrons. The Morgan fingerprint density at radius 3 is 2.52 bits per heavy atom. The zero-order valence-electron chi connectivity index (χ0n) is 15.8. The number of hydrogen-bond donors (Lipinski definition) is 2. The van der Waals surface area contributed by atoms with Gasteiger partial charge in [0.05, 0.1) is 11.7 Å². The van der Waals surface area contributed by atoms with Gasteiger partial charge in [-0.25, -0.2) is 4.79 Å². The van der Waals surface area contributed by atoms with Gasteiger partial charge in [-0.05, 0) is 38.0 Å². The van der Waals surface area contributed by atoms with E-state index in [-0.39, 0.29) is 18.2 Å². The predicted molar refractivity (Wildman–Crippen MR) is 105 cm³/mol. The van der Waals surface area contributed by atoms with Crippen molar-refractivity contribution in [1.29, 1.82) is 0 Å². The van der Waals surface area contributed by atoms with E-state index in [1.807, 2.05) is 32.0 Å². The molecule has 3 rings (SSSR count). The molecule has 3 N–H and O–H groups in total. The van der Waals surface area contributed by atoms with Crippen LogP contribution < -0.4 is 15.8 Å². The highest BCUT2D eigenvalue weighted by Crippen LogP contribution is 2.44. The minimum absolute atomic E-state index is 0.116. The van der Waals surface area contributed by atoms with Crippen molar-refractivity contribution in [3.05, 3.63) is 59.7 Å². The normalized spacial score (nSPS) is 18.1. The van der Waals surface area contributed by atoms with Gasteiger partial charge >= 0.3 is 6.03 Å². The Morgan fingerprint density at radius 1 is 1.19 bits per heavy atom. The van der Waals surface area contributed by atoms with Crippen LogP contribution in [0.25, 0.3) is 0 Å². The number of primary amides is 1. The summed E-state index contributed by atoms with van der Waals surface area (Å²) < 4.78 is 5.66. The van der Waals surface area contributed by atoms with Gasteiger partial charge < -0.3 is 20.7 Å². The quantitative estimate of drug-likeness (QED) is 0.818. The lowest BCUT2D eigenvalue weighted by atomic mass is 10.1. The molecule has 142 valence electrons. The molecule has 0 aliphatic heterocycles. The van der Waals surface area contributed by atoms with Gasteiger partial charge in [-0.1, -0.05) is 30.3 Å². The second kappa shape index (κ2) is 7.70. The Bertz CT molecular complexity index is 836. The fourth-order valence-electron chi connectivity index (χ4n) is 3.19.